The van der Waals surface area contributed by atoms with Crippen molar-refractivity contribution in [3.63, 3.8) is 0 Å². The maximum atomic E-state index is 6.44. The Kier molecular flexibility index (Phi) is 3.71. The highest BCUT2D eigenvalue weighted by atomic mass is 79.9. The van der Waals surface area contributed by atoms with Gasteiger partial charge in [0.25, 0.3) is 0 Å². The van der Waals surface area contributed by atoms with Crippen molar-refractivity contribution < 1.29 is 4.74 Å². The lowest BCUT2D eigenvalue weighted by Gasteiger charge is -2.25. The molecule has 4 nitrogen and oxygen atoms in total. The Morgan fingerprint density at radius 2 is 2.32 bits per heavy atom. The van der Waals surface area contributed by atoms with Crippen LogP contribution in [-0.4, -0.2) is 28.0 Å². The second-order valence-corrected chi connectivity index (χ2v) is 6.62. The van der Waals surface area contributed by atoms with Gasteiger partial charge in [0.2, 0.25) is 0 Å². The minimum absolute atomic E-state index is 0.173. The van der Waals surface area contributed by atoms with Crippen LogP contribution in [0, 0.1) is 5.92 Å². The molecule has 19 heavy (non-hydrogen) atoms. The van der Waals surface area contributed by atoms with Gasteiger partial charge >= 0.3 is 0 Å². The molecule has 3 rings (SSSR count). The van der Waals surface area contributed by atoms with E-state index in [1.54, 1.807) is 0 Å². The van der Waals surface area contributed by atoms with Crippen molar-refractivity contribution in [2.75, 3.05) is 0 Å². The van der Waals surface area contributed by atoms with Crippen molar-refractivity contribution in [1.82, 2.24) is 9.78 Å². The predicted octanol–water partition coefficient (Wildman–Crippen LogP) is 2.18. The van der Waals surface area contributed by atoms with Crippen LogP contribution in [0.25, 0.3) is 0 Å². The standard InChI is InChI=1S/C14H22BrN3O/c1-3-11-14(15)12(18(2)17-11)7-10(16)9-6-8-4-5-13(9)19-8/h8-10,13H,3-7,16H2,1-2H3. The zero-order valence-corrected chi connectivity index (χ0v) is 13.2. The topological polar surface area (TPSA) is 53.1 Å². The van der Waals surface area contributed by atoms with E-state index < -0.39 is 0 Å². The predicted molar refractivity (Wildman–Crippen MR) is 78.0 cm³/mol. The normalized spacial score (nSPS) is 31.1. The average Bonchev–Trinajstić information content (AvgIpc) is 3.08. The number of rotatable bonds is 4. The molecule has 2 aliphatic rings. The summed E-state index contributed by atoms with van der Waals surface area (Å²) in [5.74, 6) is 0.519. The number of fused-ring (bicyclic) bond motifs is 2. The van der Waals surface area contributed by atoms with Crippen LogP contribution >= 0.6 is 15.9 Å². The molecule has 2 aliphatic heterocycles. The summed E-state index contributed by atoms with van der Waals surface area (Å²) in [6.07, 6.45) is 6.25. The van der Waals surface area contributed by atoms with Gasteiger partial charge in [-0.15, -0.1) is 0 Å². The molecule has 2 saturated heterocycles. The van der Waals surface area contributed by atoms with Gasteiger partial charge in [0.1, 0.15) is 0 Å². The Labute approximate surface area is 122 Å². The lowest BCUT2D eigenvalue weighted by molar-refractivity contribution is 0.0884. The first kappa shape index (κ1) is 13.6. The summed E-state index contributed by atoms with van der Waals surface area (Å²) in [5.41, 5.74) is 8.78. The molecule has 106 valence electrons. The average molecular weight is 328 g/mol. The van der Waals surface area contributed by atoms with E-state index in [2.05, 4.69) is 28.0 Å². The molecule has 5 heteroatoms. The first-order valence-electron chi connectivity index (χ1n) is 7.21. The minimum Gasteiger partial charge on any atom is -0.375 e. The number of aromatic nitrogens is 2. The molecule has 1 aromatic rings. The molecule has 0 radical (unpaired) electrons. The molecule has 2 bridgehead atoms. The van der Waals surface area contributed by atoms with Crippen LogP contribution in [0.2, 0.25) is 0 Å². The second-order valence-electron chi connectivity index (χ2n) is 5.83. The summed E-state index contributed by atoms with van der Waals surface area (Å²) in [6.45, 7) is 2.13. The minimum atomic E-state index is 0.173. The quantitative estimate of drug-likeness (QED) is 0.922. The van der Waals surface area contributed by atoms with Crippen molar-refractivity contribution >= 4 is 15.9 Å². The largest absolute Gasteiger partial charge is 0.375 e. The number of nitrogens with zero attached hydrogens (tertiary/aromatic N) is 2. The fraction of sp³-hybridized carbons (Fsp3) is 0.786. The summed E-state index contributed by atoms with van der Waals surface area (Å²) < 4.78 is 9.02. The summed E-state index contributed by atoms with van der Waals surface area (Å²) >= 11 is 3.67. The highest BCUT2D eigenvalue weighted by Crippen LogP contribution is 2.40. The third-order valence-electron chi connectivity index (χ3n) is 4.63. The SMILES string of the molecule is CCc1nn(C)c(CC(N)C2CC3CCC2O3)c1Br. The second kappa shape index (κ2) is 5.19. The van der Waals surface area contributed by atoms with Crippen LogP contribution < -0.4 is 5.73 Å². The molecule has 0 amide bonds. The van der Waals surface area contributed by atoms with Gasteiger partial charge in [0, 0.05) is 25.4 Å². The maximum Gasteiger partial charge on any atom is 0.0766 e. The van der Waals surface area contributed by atoms with Crippen LogP contribution in [-0.2, 0) is 24.6 Å². The third kappa shape index (κ3) is 2.36. The van der Waals surface area contributed by atoms with Gasteiger partial charge in [0.15, 0.2) is 0 Å². The van der Waals surface area contributed by atoms with Gasteiger partial charge in [-0.1, -0.05) is 6.92 Å². The number of ether oxygens (including phenoxy) is 1. The van der Waals surface area contributed by atoms with E-state index in [9.17, 15) is 0 Å². The van der Waals surface area contributed by atoms with Gasteiger partial charge < -0.3 is 10.5 Å². The van der Waals surface area contributed by atoms with Crippen LogP contribution in [0.1, 0.15) is 37.6 Å². The fourth-order valence-corrected chi connectivity index (χ4v) is 4.32. The number of hydrogen-bond donors (Lipinski definition) is 1. The van der Waals surface area contributed by atoms with E-state index in [0.29, 0.717) is 18.1 Å². The maximum absolute atomic E-state index is 6.44. The third-order valence-corrected chi connectivity index (χ3v) is 5.55. The Balaban J connectivity index is 1.73. The Morgan fingerprint density at radius 1 is 1.53 bits per heavy atom. The smallest absolute Gasteiger partial charge is 0.0766 e. The van der Waals surface area contributed by atoms with Crippen LogP contribution in [0.4, 0.5) is 0 Å². The number of nitrogens with two attached hydrogens (primary N) is 1. The van der Waals surface area contributed by atoms with Gasteiger partial charge in [0.05, 0.1) is 28.1 Å². The molecule has 0 aliphatic carbocycles. The molecule has 2 fully saturated rings. The lowest BCUT2D eigenvalue weighted by Crippen LogP contribution is -2.38. The molecule has 0 aromatic carbocycles. The van der Waals surface area contributed by atoms with E-state index in [4.69, 9.17) is 10.5 Å². The van der Waals surface area contributed by atoms with Gasteiger partial charge in [-0.2, -0.15) is 5.10 Å². The fourth-order valence-electron chi connectivity index (χ4n) is 3.54. The van der Waals surface area contributed by atoms with E-state index in [-0.39, 0.29) is 6.04 Å². The van der Waals surface area contributed by atoms with Crippen molar-refractivity contribution in [1.29, 1.82) is 0 Å². The van der Waals surface area contributed by atoms with Crippen molar-refractivity contribution in [3.8, 4) is 0 Å². The molecule has 4 atom stereocenters. The number of halogens is 1. The molecule has 0 saturated carbocycles. The van der Waals surface area contributed by atoms with Gasteiger partial charge in [-0.3, -0.25) is 4.68 Å². The molecular weight excluding hydrogens is 306 g/mol. The zero-order chi connectivity index (χ0) is 13.6. The van der Waals surface area contributed by atoms with Crippen molar-refractivity contribution in [2.45, 2.75) is 57.3 Å². The molecule has 0 spiro atoms. The first-order valence-corrected chi connectivity index (χ1v) is 8.00. The Morgan fingerprint density at radius 3 is 2.84 bits per heavy atom. The Bertz CT molecular complexity index is 474. The lowest BCUT2D eigenvalue weighted by atomic mass is 9.82. The molecule has 2 N–H and O–H groups in total. The summed E-state index contributed by atoms with van der Waals surface area (Å²) in [5, 5.41) is 4.54. The number of aryl methyl sites for hydroxylation is 2. The van der Waals surface area contributed by atoms with E-state index in [1.807, 2.05) is 11.7 Å². The molecule has 3 heterocycles. The van der Waals surface area contributed by atoms with E-state index >= 15 is 0 Å². The van der Waals surface area contributed by atoms with Crippen LogP contribution in [0.3, 0.4) is 0 Å². The van der Waals surface area contributed by atoms with Crippen LogP contribution in [0.5, 0.6) is 0 Å². The first-order chi connectivity index (χ1) is 9.10. The van der Waals surface area contributed by atoms with Crippen LogP contribution in [0.15, 0.2) is 4.47 Å². The molecule has 4 unspecified atom stereocenters. The zero-order valence-electron chi connectivity index (χ0n) is 11.6. The van der Waals surface area contributed by atoms with Gasteiger partial charge in [-0.05, 0) is 41.6 Å². The summed E-state index contributed by atoms with van der Waals surface area (Å²) in [6, 6.07) is 0.173. The van der Waals surface area contributed by atoms with Crippen molar-refractivity contribution in [2.24, 2.45) is 18.7 Å². The van der Waals surface area contributed by atoms with Crippen molar-refractivity contribution in [3.05, 3.63) is 15.9 Å². The van der Waals surface area contributed by atoms with E-state index in [1.165, 1.54) is 18.5 Å². The monoisotopic (exact) mass is 327 g/mol. The summed E-state index contributed by atoms with van der Waals surface area (Å²) in [7, 11) is 2.00. The highest BCUT2D eigenvalue weighted by Gasteiger charge is 2.43. The molecule has 1 aromatic heterocycles. The summed E-state index contributed by atoms with van der Waals surface area (Å²) in [4.78, 5) is 0. The number of hydrogen-bond acceptors (Lipinski definition) is 3. The highest BCUT2D eigenvalue weighted by molar-refractivity contribution is 9.10. The van der Waals surface area contributed by atoms with E-state index in [0.717, 1.165) is 29.4 Å². The molecular formula is C14H22BrN3O. The Hall–Kier alpha value is -0.390. The van der Waals surface area contributed by atoms with Gasteiger partial charge in [-0.25, -0.2) is 0 Å².